The van der Waals surface area contributed by atoms with Gasteiger partial charge in [-0.15, -0.1) is 0 Å². The molecule has 0 aromatic carbocycles. The fourth-order valence-corrected chi connectivity index (χ4v) is 2.60. The number of aromatic nitrogens is 1. The molecule has 0 aliphatic heterocycles. The summed E-state index contributed by atoms with van der Waals surface area (Å²) in [5.41, 5.74) is 0. The minimum absolute atomic E-state index is 0.225. The molecule has 1 aromatic rings. The Balaban J connectivity index is 3.00. The van der Waals surface area contributed by atoms with Crippen LogP contribution in [-0.2, 0) is 0 Å². The second kappa shape index (κ2) is 2.75. The van der Waals surface area contributed by atoms with Crippen molar-refractivity contribution < 1.29 is 4.79 Å². The zero-order valence-electron chi connectivity index (χ0n) is 3.80. The first-order chi connectivity index (χ1) is 3.83. The number of carbonyl (C=O) groups is 1. The Labute approximate surface area is 66.2 Å². The van der Waals surface area contributed by atoms with Crippen LogP contribution in [0.5, 0.6) is 0 Å². The third-order valence-corrected chi connectivity index (χ3v) is 3.51. The number of rotatable bonds is 1. The molecular formula is C4H2INOSe. The van der Waals surface area contributed by atoms with Crippen LogP contribution in [0.4, 0.5) is 0 Å². The van der Waals surface area contributed by atoms with Crippen LogP contribution in [-0.4, -0.2) is 25.8 Å². The van der Waals surface area contributed by atoms with Gasteiger partial charge in [0.05, 0.1) is 0 Å². The second-order valence-electron chi connectivity index (χ2n) is 1.12. The topological polar surface area (TPSA) is 30.0 Å². The van der Waals surface area contributed by atoms with E-state index in [1.807, 2.05) is 0 Å². The summed E-state index contributed by atoms with van der Waals surface area (Å²) in [5, 5.41) is 0. The molecule has 1 aromatic heterocycles. The van der Waals surface area contributed by atoms with Crippen molar-refractivity contribution in [3.63, 3.8) is 0 Å². The maximum atomic E-state index is 10.0. The quantitative estimate of drug-likeness (QED) is 0.429. The van der Waals surface area contributed by atoms with Gasteiger partial charge in [0.2, 0.25) is 0 Å². The van der Waals surface area contributed by atoms with Crippen molar-refractivity contribution in [2.24, 2.45) is 0 Å². The summed E-state index contributed by atoms with van der Waals surface area (Å²) in [7, 11) is 0. The van der Waals surface area contributed by atoms with Crippen molar-refractivity contribution in [3.05, 3.63) is 13.2 Å². The average Bonchev–Trinajstić information content (AvgIpc) is 2.14. The van der Waals surface area contributed by atoms with Gasteiger partial charge in [-0.1, -0.05) is 0 Å². The fourth-order valence-electron chi connectivity index (χ4n) is 0.321. The van der Waals surface area contributed by atoms with E-state index in [0.717, 1.165) is 6.29 Å². The summed E-state index contributed by atoms with van der Waals surface area (Å²) in [6.45, 7) is 0. The van der Waals surface area contributed by atoms with Crippen LogP contribution in [0.1, 0.15) is 9.36 Å². The summed E-state index contributed by atoms with van der Waals surface area (Å²) in [6, 6.07) is 0. The van der Waals surface area contributed by atoms with E-state index in [4.69, 9.17) is 0 Å². The van der Waals surface area contributed by atoms with Crippen molar-refractivity contribution in [2.75, 3.05) is 0 Å². The van der Waals surface area contributed by atoms with Crippen LogP contribution >= 0.6 is 22.6 Å². The number of hydrogen-bond acceptors (Lipinski definition) is 2. The van der Waals surface area contributed by atoms with Crippen molar-refractivity contribution in [1.82, 2.24) is 4.98 Å². The molecule has 1 rings (SSSR count). The van der Waals surface area contributed by atoms with Gasteiger partial charge >= 0.3 is 66.4 Å². The normalized spacial score (nSPS) is 9.12. The molecule has 0 bridgehead atoms. The van der Waals surface area contributed by atoms with E-state index in [9.17, 15) is 4.79 Å². The molecule has 0 radical (unpaired) electrons. The summed E-state index contributed by atoms with van der Waals surface area (Å²) < 4.78 is 1.89. The van der Waals surface area contributed by atoms with Gasteiger partial charge in [0.1, 0.15) is 0 Å². The Morgan fingerprint density at radius 1 is 1.88 bits per heavy atom. The molecular weight excluding hydrogens is 284 g/mol. The molecule has 0 saturated heterocycles. The van der Waals surface area contributed by atoms with E-state index in [1.165, 1.54) is 2.44 Å². The number of aldehydes is 1. The molecule has 8 heavy (non-hydrogen) atoms. The molecule has 0 spiro atoms. The first kappa shape index (κ1) is 6.45. The van der Waals surface area contributed by atoms with E-state index in [2.05, 4.69) is 27.6 Å². The Morgan fingerprint density at radius 2 is 2.62 bits per heavy atom. The maximum absolute atomic E-state index is 10.0. The third kappa shape index (κ3) is 1.40. The zero-order valence-corrected chi connectivity index (χ0v) is 7.67. The number of nitrogens with zero attached hydrogens (tertiary/aromatic N) is 1. The molecule has 2 nitrogen and oxygen atoms in total. The number of hydrogen-bond donors (Lipinski definition) is 0. The second-order valence-corrected chi connectivity index (χ2v) is 6.16. The standard InChI is InChI=1S/C4H2INOSe/c5-3-1-6-4(2-7)8-3/h1-2H. The number of halogens is 1. The minimum atomic E-state index is 0.225. The van der Waals surface area contributed by atoms with Crippen LogP contribution in [0.2, 0.25) is 0 Å². The first-order valence-corrected chi connectivity index (χ1v) is 4.68. The van der Waals surface area contributed by atoms with Crippen LogP contribution in [0.3, 0.4) is 0 Å². The molecule has 4 heteroatoms. The van der Waals surface area contributed by atoms with Gasteiger partial charge in [0.15, 0.2) is 0 Å². The molecule has 0 unspecified atom stereocenters. The SMILES string of the molecule is O=Cc1ncc(I)[se]1. The van der Waals surface area contributed by atoms with Crippen LogP contribution in [0.25, 0.3) is 0 Å². The van der Waals surface area contributed by atoms with Gasteiger partial charge in [-0.25, -0.2) is 0 Å². The van der Waals surface area contributed by atoms with E-state index in [0.29, 0.717) is 4.57 Å². The van der Waals surface area contributed by atoms with Gasteiger partial charge < -0.3 is 0 Å². The van der Waals surface area contributed by atoms with Crippen LogP contribution < -0.4 is 0 Å². The van der Waals surface area contributed by atoms with Crippen molar-refractivity contribution >= 4 is 43.4 Å². The molecule has 0 amide bonds. The summed E-state index contributed by atoms with van der Waals surface area (Å²) >= 11 is 2.41. The average molecular weight is 286 g/mol. The van der Waals surface area contributed by atoms with Crippen molar-refractivity contribution in [1.29, 1.82) is 0 Å². The monoisotopic (exact) mass is 287 g/mol. The van der Waals surface area contributed by atoms with Crippen LogP contribution in [0.15, 0.2) is 6.20 Å². The zero-order chi connectivity index (χ0) is 5.98. The Kier molecular flexibility index (Phi) is 2.22. The Morgan fingerprint density at radius 3 is 2.88 bits per heavy atom. The van der Waals surface area contributed by atoms with Gasteiger partial charge in [0, 0.05) is 0 Å². The molecule has 0 aliphatic rings. The van der Waals surface area contributed by atoms with E-state index in [1.54, 1.807) is 6.20 Å². The molecule has 0 N–H and O–H groups in total. The van der Waals surface area contributed by atoms with Crippen molar-refractivity contribution in [3.8, 4) is 0 Å². The van der Waals surface area contributed by atoms with E-state index >= 15 is 0 Å². The first-order valence-electron chi connectivity index (χ1n) is 1.89. The Hall–Kier alpha value is 0.329. The van der Waals surface area contributed by atoms with Gasteiger partial charge in [-0.3, -0.25) is 0 Å². The summed E-state index contributed by atoms with van der Waals surface area (Å²) in [4.78, 5) is 13.8. The van der Waals surface area contributed by atoms with Crippen molar-refractivity contribution in [2.45, 2.75) is 0 Å². The predicted molar refractivity (Wildman–Crippen MR) is 39.3 cm³/mol. The van der Waals surface area contributed by atoms with Crippen LogP contribution in [0, 0.1) is 2.44 Å². The summed E-state index contributed by atoms with van der Waals surface area (Å²) in [5.74, 6) is 0. The molecule has 0 atom stereocenters. The molecule has 0 aliphatic carbocycles. The Bertz CT molecular complexity index is 198. The van der Waals surface area contributed by atoms with Gasteiger partial charge in [0.25, 0.3) is 0 Å². The predicted octanol–water partition coefficient (Wildman–Crippen LogP) is 0.556. The fraction of sp³-hybridized carbons (Fsp3) is 0. The van der Waals surface area contributed by atoms with E-state index in [-0.39, 0.29) is 14.5 Å². The van der Waals surface area contributed by atoms with Gasteiger partial charge in [-0.05, 0) is 0 Å². The van der Waals surface area contributed by atoms with E-state index < -0.39 is 0 Å². The summed E-state index contributed by atoms with van der Waals surface area (Å²) in [6.07, 6.45) is 2.56. The molecule has 0 fully saturated rings. The number of carbonyl (C=O) groups excluding carboxylic acids is 1. The molecule has 0 saturated carbocycles. The third-order valence-electron chi connectivity index (χ3n) is 0.596. The molecule has 42 valence electrons. The molecule has 1 heterocycles. The van der Waals surface area contributed by atoms with Gasteiger partial charge in [-0.2, -0.15) is 0 Å².